The molecule has 0 spiro atoms. The van der Waals surface area contributed by atoms with Gasteiger partial charge < -0.3 is 9.84 Å². The van der Waals surface area contributed by atoms with Gasteiger partial charge in [0, 0.05) is 36.5 Å². The molecule has 0 fully saturated rings. The van der Waals surface area contributed by atoms with E-state index in [1.165, 1.54) is 7.11 Å². The number of amides is 1. The Hall–Kier alpha value is -3.32. The molecule has 4 rings (SSSR count). The van der Waals surface area contributed by atoms with Gasteiger partial charge in [0.25, 0.3) is 5.91 Å². The van der Waals surface area contributed by atoms with E-state index in [1.54, 1.807) is 23.1 Å². The number of ketones is 1. The highest BCUT2D eigenvalue weighted by molar-refractivity contribution is 6.11. The molecular formula is C22H21N3O4. The molecule has 0 aliphatic carbocycles. The van der Waals surface area contributed by atoms with Gasteiger partial charge in [-0.3, -0.25) is 14.5 Å². The Kier molecular flexibility index (Phi) is 5.22. The van der Waals surface area contributed by atoms with E-state index in [1.807, 2.05) is 30.3 Å². The zero-order chi connectivity index (χ0) is 20.4. The molecule has 148 valence electrons. The molecule has 1 aliphatic heterocycles. The first kappa shape index (κ1) is 19.0. The number of Topliss-reactive ketones (excluding diaryl/α,β-unsaturated/α-hetero) is 1. The number of aliphatic hydroxyl groups excluding tert-OH is 1. The first-order valence-corrected chi connectivity index (χ1v) is 9.49. The van der Waals surface area contributed by atoms with Crippen LogP contribution in [0, 0.1) is 0 Å². The van der Waals surface area contributed by atoms with Crippen LogP contribution in [0.1, 0.15) is 41.2 Å². The van der Waals surface area contributed by atoms with Crippen LogP contribution in [-0.4, -0.2) is 40.5 Å². The molecule has 3 aromatic rings. The number of carbonyl (C=O) groups excluding carboxylic acids is 2. The van der Waals surface area contributed by atoms with Gasteiger partial charge in [-0.1, -0.05) is 18.2 Å². The van der Waals surface area contributed by atoms with E-state index in [4.69, 9.17) is 9.84 Å². The Morgan fingerprint density at radius 2 is 1.93 bits per heavy atom. The lowest BCUT2D eigenvalue weighted by atomic mass is 9.98. The third-order valence-electron chi connectivity index (χ3n) is 5.08. The third-order valence-corrected chi connectivity index (χ3v) is 5.08. The number of ether oxygens (including phenoxy) is 1. The zero-order valence-electron chi connectivity index (χ0n) is 16.0. The van der Waals surface area contributed by atoms with E-state index in [9.17, 15) is 9.59 Å². The van der Waals surface area contributed by atoms with Crippen LogP contribution in [0.25, 0.3) is 11.0 Å². The lowest BCUT2D eigenvalue weighted by Gasteiger charge is -2.24. The number of hydrogen-bond acceptors (Lipinski definition) is 6. The molecule has 1 aliphatic rings. The second-order valence-corrected chi connectivity index (χ2v) is 6.92. The molecule has 1 unspecified atom stereocenters. The monoisotopic (exact) mass is 391 g/mol. The number of rotatable bonds is 7. The SMILES string of the molecule is COc1ccc2ccc(N3C(=O)c4ccccc4C3CC(=O)CCCO)nc2n1. The fourth-order valence-electron chi connectivity index (χ4n) is 3.67. The molecule has 0 saturated heterocycles. The molecule has 0 bridgehead atoms. The van der Waals surface area contributed by atoms with Crippen LogP contribution in [0.4, 0.5) is 5.82 Å². The first-order valence-electron chi connectivity index (χ1n) is 9.49. The Morgan fingerprint density at radius 1 is 1.14 bits per heavy atom. The van der Waals surface area contributed by atoms with Gasteiger partial charge in [0.05, 0.1) is 13.2 Å². The standard InChI is InChI=1S/C22H21N3O4/c1-29-20-11-9-14-8-10-19(23-21(14)24-20)25-18(13-15(27)5-4-12-26)16-6-2-3-7-17(16)22(25)28/h2-3,6-11,18,26H,4-5,12-13H2,1H3. The van der Waals surface area contributed by atoms with Crippen LogP contribution in [0.15, 0.2) is 48.5 Å². The Morgan fingerprint density at radius 3 is 2.72 bits per heavy atom. The van der Waals surface area contributed by atoms with Gasteiger partial charge in [0.15, 0.2) is 5.65 Å². The van der Waals surface area contributed by atoms with E-state index >= 15 is 0 Å². The van der Waals surface area contributed by atoms with Crippen molar-refractivity contribution < 1.29 is 19.4 Å². The Labute approximate surface area is 168 Å². The smallest absolute Gasteiger partial charge is 0.260 e. The number of carbonyl (C=O) groups is 2. The number of fused-ring (bicyclic) bond motifs is 2. The number of pyridine rings is 2. The van der Waals surface area contributed by atoms with Crippen molar-refractivity contribution >= 4 is 28.5 Å². The number of aromatic nitrogens is 2. The molecule has 1 N–H and O–H groups in total. The summed E-state index contributed by atoms with van der Waals surface area (Å²) < 4.78 is 5.17. The molecule has 3 heterocycles. The van der Waals surface area contributed by atoms with Crippen molar-refractivity contribution in [3.8, 4) is 5.88 Å². The highest BCUT2D eigenvalue weighted by Gasteiger charge is 2.39. The largest absolute Gasteiger partial charge is 0.481 e. The predicted octanol–water partition coefficient (Wildman–Crippen LogP) is 3.07. The minimum absolute atomic E-state index is 0.000800. The molecule has 0 saturated carbocycles. The van der Waals surface area contributed by atoms with E-state index in [2.05, 4.69) is 9.97 Å². The molecule has 7 heteroatoms. The number of methoxy groups -OCH3 is 1. The van der Waals surface area contributed by atoms with Gasteiger partial charge in [-0.2, -0.15) is 4.98 Å². The predicted molar refractivity (Wildman–Crippen MR) is 108 cm³/mol. The second kappa shape index (κ2) is 7.97. The summed E-state index contributed by atoms with van der Waals surface area (Å²) >= 11 is 0. The van der Waals surface area contributed by atoms with E-state index < -0.39 is 6.04 Å². The van der Waals surface area contributed by atoms with Crippen molar-refractivity contribution in [1.29, 1.82) is 0 Å². The van der Waals surface area contributed by atoms with Crippen molar-refractivity contribution in [2.24, 2.45) is 0 Å². The number of aliphatic hydroxyl groups is 1. The van der Waals surface area contributed by atoms with Crippen molar-refractivity contribution in [3.05, 3.63) is 59.7 Å². The quantitative estimate of drug-likeness (QED) is 0.665. The summed E-state index contributed by atoms with van der Waals surface area (Å²) in [5.74, 6) is 0.697. The van der Waals surface area contributed by atoms with Crippen molar-refractivity contribution in [2.45, 2.75) is 25.3 Å². The Bertz CT molecular complexity index is 1080. The van der Waals surface area contributed by atoms with Crippen LogP contribution in [0.2, 0.25) is 0 Å². The zero-order valence-corrected chi connectivity index (χ0v) is 16.0. The summed E-state index contributed by atoms with van der Waals surface area (Å²) in [6, 6.07) is 14.1. The first-order chi connectivity index (χ1) is 14.1. The number of nitrogens with zero attached hydrogens (tertiary/aromatic N) is 3. The van der Waals surface area contributed by atoms with Crippen molar-refractivity contribution in [1.82, 2.24) is 9.97 Å². The Balaban J connectivity index is 1.74. The van der Waals surface area contributed by atoms with E-state index in [0.717, 1.165) is 10.9 Å². The van der Waals surface area contributed by atoms with Crippen molar-refractivity contribution in [2.75, 3.05) is 18.6 Å². The molecule has 1 aromatic carbocycles. The summed E-state index contributed by atoms with van der Waals surface area (Å²) in [4.78, 5) is 36.1. The molecule has 7 nitrogen and oxygen atoms in total. The van der Waals surface area contributed by atoms with Gasteiger partial charge in [-0.25, -0.2) is 4.98 Å². The van der Waals surface area contributed by atoms with E-state index in [-0.39, 0.29) is 31.1 Å². The lowest BCUT2D eigenvalue weighted by molar-refractivity contribution is -0.119. The summed E-state index contributed by atoms with van der Waals surface area (Å²) in [7, 11) is 1.53. The summed E-state index contributed by atoms with van der Waals surface area (Å²) in [6.45, 7) is -0.0324. The molecule has 1 amide bonds. The van der Waals surface area contributed by atoms with E-state index in [0.29, 0.717) is 29.3 Å². The topological polar surface area (TPSA) is 92.6 Å². The molecule has 1 atom stereocenters. The minimum Gasteiger partial charge on any atom is -0.481 e. The number of hydrogen-bond donors (Lipinski definition) is 1. The van der Waals surface area contributed by atoms with Crippen LogP contribution in [0.5, 0.6) is 5.88 Å². The van der Waals surface area contributed by atoms with Gasteiger partial charge in [0.2, 0.25) is 5.88 Å². The maximum Gasteiger partial charge on any atom is 0.260 e. The van der Waals surface area contributed by atoms with Crippen molar-refractivity contribution in [3.63, 3.8) is 0 Å². The average molecular weight is 391 g/mol. The maximum atomic E-state index is 13.2. The fraction of sp³-hybridized carbons (Fsp3) is 0.273. The third kappa shape index (κ3) is 3.56. The van der Waals surface area contributed by atoms with Gasteiger partial charge in [0.1, 0.15) is 11.6 Å². The highest BCUT2D eigenvalue weighted by atomic mass is 16.5. The number of benzene rings is 1. The van der Waals surface area contributed by atoms with Crippen LogP contribution in [0.3, 0.4) is 0 Å². The van der Waals surface area contributed by atoms with Gasteiger partial charge in [-0.15, -0.1) is 0 Å². The van der Waals surface area contributed by atoms with Crippen LogP contribution in [-0.2, 0) is 4.79 Å². The summed E-state index contributed by atoms with van der Waals surface area (Å²) in [6.07, 6.45) is 0.869. The normalized spacial score (nSPS) is 15.6. The van der Waals surface area contributed by atoms with Gasteiger partial charge in [-0.05, 0) is 36.2 Å². The average Bonchev–Trinajstić information content (AvgIpc) is 3.03. The van der Waals surface area contributed by atoms with Crippen LogP contribution < -0.4 is 9.64 Å². The number of anilines is 1. The second-order valence-electron chi connectivity index (χ2n) is 6.92. The summed E-state index contributed by atoms with van der Waals surface area (Å²) in [5, 5.41) is 9.83. The molecule has 0 radical (unpaired) electrons. The summed E-state index contributed by atoms with van der Waals surface area (Å²) in [5.41, 5.74) is 1.86. The fourth-order valence-corrected chi connectivity index (χ4v) is 3.67. The molecule has 29 heavy (non-hydrogen) atoms. The van der Waals surface area contributed by atoms with Crippen LogP contribution >= 0.6 is 0 Å². The molecule has 2 aromatic heterocycles. The van der Waals surface area contributed by atoms with Gasteiger partial charge >= 0.3 is 0 Å². The molecular weight excluding hydrogens is 370 g/mol. The maximum absolute atomic E-state index is 13.2. The highest BCUT2D eigenvalue weighted by Crippen LogP contribution is 2.39. The lowest BCUT2D eigenvalue weighted by Crippen LogP contribution is -2.30. The minimum atomic E-state index is -0.430.